The lowest BCUT2D eigenvalue weighted by molar-refractivity contribution is -0.386. The number of hydrogen-bond acceptors (Lipinski definition) is 6. The maximum atomic E-state index is 12.7. The summed E-state index contributed by atoms with van der Waals surface area (Å²) in [7, 11) is -2.81. The minimum atomic E-state index is -4.07. The van der Waals surface area contributed by atoms with Gasteiger partial charge in [0.25, 0.3) is 0 Å². The molecule has 2 aromatic carbocycles. The number of sulfonamides is 1. The lowest BCUT2D eigenvalue weighted by Gasteiger charge is -2.21. The number of ether oxygens (including phenoxy) is 1. The number of methoxy groups -OCH3 is 1. The number of benzene rings is 2. The molecule has 3 rings (SSSR count). The Bertz CT molecular complexity index is 1030. The van der Waals surface area contributed by atoms with Crippen LogP contribution in [0.5, 0.6) is 5.75 Å². The molecule has 1 N–H and O–H groups in total. The molecule has 0 radical (unpaired) electrons. The van der Waals surface area contributed by atoms with Gasteiger partial charge in [0.1, 0.15) is 0 Å². The van der Waals surface area contributed by atoms with Crippen molar-refractivity contribution in [1.29, 1.82) is 0 Å². The van der Waals surface area contributed by atoms with Gasteiger partial charge in [-0.1, -0.05) is 30.3 Å². The summed E-state index contributed by atoms with van der Waals surface area (Å²) >= 11 is 0. The molecular weight excluding hydrogens is 360 g/mol. The van der Waals surface area contributed by atoms with Crippen LogP contribution in [0.15, 0.2) is 59.5 Å². The van der Waals surface area contributed by atoms with Crippen LogP contribution in [0.4, 0.5) is 5.69 Å². The molecule has 0 bridgehead atoms. The molecule has 0 saturated carbocycles. The van der Waals surface area contributed by atoms with Crippen molar-refractivity contribution in [2.45, 2.75) is 10.9 Å². The van der Waals surface area contributed by atoms with Crippen molar-refractivity contribution in [1.82, 2.24) is 4.72 Å². The number of ketones is 1. The van der Waals surface area contributed by atoms with Crippen LogP contribution in [0.1, 0.15) is 22.0 Å². The fraction of sp³-hybridized carbons (Fsp3) is 0.118. The van der Waals surface area contributed by atoms with Crippen LogP contribution >= 0.6 is 0 Å². The van der Waals surface area contributed by atoms with Crippen LogP contribution < -0.4 is 9.46 Å². The molecule has 0 amide bonds. The minimum Gasteiger partial charge on any atom is -0.490 e. The summed E-state index contributed by atoms with van der Waals surface area (Å²) in [5.41, 5.74) is 0.472. The predicted molar refractivity (Wildman–Crippen MR) is 92.6 cm³/mol. The van der Waals surface area contributed by atoms with Crippen molar-refractivity contribution in [3.63, 3.8) is 0 Å². The maximum absolute atomic E-state index is 12.7. The van der Waals surface area contributed by atoms with Gasteiger partial charge < -0.3 is 4.74 Å². The van der Waals surface area contributed by atoms with E-state index in [0.29, 0.717) is 11.1 Å². The fourth-order valence-electron chi connectivity index (χ4n) is 2.69. The van der Waals surface area contributed by atoms with Gasteiger partial charge in [0.2, 0.25) is 10.0 Å². The zero-order valence-electron chi connectivity index (χ0n) is 13.6. The van der Waals surface area contributed by atoms with Crippen LogP contribution in [-0.4, -0.2) is 26.2 Å². The highest BCUT2D eigenvalue weighted by molar-refractivity contribution is 7.89. The van der Waals surface area contributed by atoms with E-state index >= 15 is 0 Å². The molecule has 0 fully saturated rings. The molecule has 0 spiro atoms. The highest BCUT2D eigenvalue weighted by Crippen LogP contribution is 2.31. The standard InChI is InChI=1S/C17H14N2O6S/c1-25-17-9-6-11(10-15(17)19(21)22)26(23,24)18-14-7-8-16(20)13-5-3-2-4-12(13)14/h2-10,14,18H,1H3/t14-/m0/s1. The molecule has 0 aromatic heterocycles. The van der Waals surface area contributed by atoms with Gasteiger partial charge in [0.05, 0.1) is 23.0 Å². The van der Waals surface area contributed by atoms with Gasteiger partial charge in [0.15, 0.2) is 11.5 Å². The number of nitro groups is 1. The number of hydrogen-bond donors (Lipinski definition) is 1. The lowest BCUT2D eigenvalue weighted by Crippen LogP contribution is -2.30. The van der Waals surface area contributed by atoms with Gasteiger partial charge in [-0.05, 0) is 23.8 Å². The number of carbonyl (C=O) groups is 1. The van der Waals surface area contributed by atoms with Crippen LogP contribution in [-0.2, 0) is 10.0 Å². The Morgan fingerprint density at radius 3 is 2.62 bits per heavy atom. The van der Waals surface area contributed by atoms with Gasteiger partial charge >= 0.3 is 5.69 Å². The monoisotopic (exact) mass is 374 g/mol. The molecule has 0 saturated heterocycles. The van der Waals surface area contributed by atoms with E-state index in [4.69, 9.17) is 4.74 Å². The highest BCUT2D eigenvalue weighted by atomic mass is 32.2. The third kappa shape index (κ3) is 3.22. The molecule has 0 unspecified atom stereocenters. The Hall–Kier alpha value is -3.04. The van der Waals surface area contributed by atoms with Crippen LogP contribution in [0.2, 0.25) is 0 Å². The van der Waals surface area contributed by atoms with Gasteiger partial charge in [-0.3, -0.25) is 14.9 Å². The quantitative estimate of drug-likeness (QED) is 0.634. The third-order valence-electron chi connectivity index (χ3n) is 3.94. The molecule has 1 atom stereocenters. The molecule has 1 aliphatic carbocycles. The normalized spacial score (nSPS) is 16.2. The molecule has 8 nitrogen and oxygen atoms in total. The van der Waals surface area contributed by atoms with Gasteiger partial charge in [0, 0.05) is 11.6 Å². The van der Waals surface area contributed by atoms with Crippen molar-refractivity contribution < 1.29 is 22.9 Å². The number of nitrogens with zero attached hydrogens (tertiary/aromatic N) is 1. The van der Waals surface area contributed by atoms with E-state index in [1.807, 2.05) is 0 Å². The number of fused-ring (bicyclic) bond motifs is 1. The summed E-state index contributed by atoms with van der Waals surface area (Å²) in [4.78, 5) is 22.0. The van der Waals surface area contributed by atoms with E-state index in [1.54, 1.807) is 24.3 Å². The second-order valence-corrected chi connectivity index (χ2v) is 7.21. The zero-order chi connectivity index (χ0) is 18.9. The van der Waals surface area contributed by atoms with Crippen molar-refractivity contribution in [3.8, 4) is 5.75 Å². The first kappa shape index (κ1) is 17.8. The molecule has 2 aromatic rings. The molecule has 134 valence electrons. The van der Waals surface area contributed by atoms with Gasteiger partial charge in [-0.2, -0.15) is 4.72 Å². The fourth-order valence-corrected chi connectivity index (χ4v) is 3.88. The molecule has 0 heterocycles. The molecule has 26 heavy (non-hydrogen) atoms. The first-order valence-corrected chi connectivity index (χ1v) is 8.98. The smallest absolute Gasteiger partial charge is 0.312 e. The predicted octanol–water partition coefficient (Wildman–Crippen LogP) is 2.38. The van der Waals surface area contributed by atoms with E-state index in [1.165, 1.54) is 31.4 Å². The van der Waals surface area contributed by atoms with Crippen LogP contribution in [0.3, 0.4) is 0 Å². The Kier molecular flexibility index (Phi) is 4.58. The van der Waals surface area contributed by atoms with Crippen LogP contribution in [0, 0.1) is 10.1 Å². The molecule has 9 heteroatoms. The summed E-state index contributed by atoms with van der Waals surface area (Å²) in [6.45, 7) is 0. The van der Waals surface area contributed by atoms with E-state index in [9.17, 15) is 23.3 Å². The van der Waals surface area contributed by atoms with Crippen molar-refractivity contribution in [2.24, 2.45) is 0 Å². The molecular formula is C17H14N2O6S. The van der Waals surface area contributed by atoms with Gasteiger partial charge in [-0.25, -0.2) is 8.42 Å². The number of rotatable bonds is 5. The summed E-state index contributed by atoms with van der Waals surface area (Å²) in [5, 5.41) is 11.1. The minimum absolute atomic E-state index is 0.0394. The Morgan fingerprint density at radius 2 is 1.92 bits per heavy atom. The number of allylic oxidation sites excluding steroid dienone is 1. The first-order valence-electron chi connectivity index (χ1n) is 7.49. The Balaban J connectivity index is 1.98. The molecule has 0 aliphatic heterocycles. The van der Waals surface area contributed by atoms with Crippen LogP contribution in [0.25, 0.3) is 0 Å². The first-order chi connectivity index (χ1) is 12.3. The third-order valence-corrected chi connectivity index (χ3v) is 5.38. The lowest BCUT2D eigenvalue weighted by atomic mass is 9.93. The van der Waals surface area contributed by atoms with E-state index in [0.717, 1.165) is 6.07 Å². The zero-order valence-corrected chi connectivity index (χ0v) is 14.4. The van der Waals surface area contributed by atoms with E-state index in [-0.39, 0.29) is 16.4 Å². The second kappa shape index (κ2) is 6.70. The van der Waals surface area contributed by atoms with Gasteiger partial charge in [-0.15, -0.1) is 0 Å². The summed E-state index contributed by atoms with van der Waals surface area (Å²) in [6, 6.07) is 9.28. The number of nitrogens with one attached hydrogen (secondary N) is 1. The average Bonchev–Trinajstić information content (AvgIpc) is 2.63. The molecule has 1 aliphatic rings. The van der Waals surface area contributed by atoms with Crippen molar-refractivity contribution >= 4 is 21.5 Å². The summed E-state index contributed by atoms with van der Waals surface area (Å²) < 4.78 is 32.7. The van der Waals surface area contributed by atoms with E-state index in [2.05, 4.69) is 4.72 Å². The largest absolute Gasteiger partial charge is 0.490 e. The maximum Gasteiger partial charge on any atom is 0.312 e. The topological polar surface area (TPSA) is 116 Å². The van der Waals surface area contributed by atoms with E-state index < -0.39 is 26.7 Å². The van der Waals surface area contributed by atoms with Crippen molar-refractivity contribution in [3.05, 3.63) is 75.9 Å². The average molecular weight is 374 g/mol. The SMILES string of the molecule is COc1ccc(S(=O)(=O)N[C@H]2C=CC(=O)c3ccccc32)cc1[N+](=O)[O-]. The highest BCUT2D eigenvalue weighted by Gasteiger charge is 2.27. The summed E-state index contributed by atoms with van der Waals surface area (Å²) in [6.07, 6.45) is 2.74. The second-order valence-electron chi connectivity index (χ2n) is 5.50. The Morgan fingerprint density at radius 1 is 1.19 bits per heavy atom. The number of carbonyl (C=O) groups excluding carboxylic acids is 1. The number of nitro benzene ring substituents is 1. The summed E-state index contributed by atoms with van der Waals surface area (Å²) in [5.74, 6) is -0.251. The Labute approximate surface area is 149 Å². The van der Waals surface area contributed by atoms with Crippen molar-refractivity contribution in [2.75, 3.05) is 7.11 Å².